The highest BCUT2D eigenvalue weighted by Gasteiger charge is 2.07. The van der Waals surface area contributed by atoms with E-state index in [1.807, 2.05) is 50.2 Å². The summed E-state index contributed by atoms with van der Waals surface area (Å²) in [6.07, 6.45) is 0. The Kier molecular flexibility index (Phi) is 2.63. The number of anilines is 1. The number of hydrogen-bond donors (Lipinski definition) is 1. The van der Waals surface area contributed by atoms with E-state index in [4.69, 9.17) is 15.0 Å². The quantitative estimate of drug-likeness (QED) is 0.706. The molecule has 0 amide bonds. The van der Waals surface area contributed by atoms with Gasteiger partial charge >= 0.3 is 0 Å². The molecule has 0 radical (unpaired) electrons. The average Bonchev–Trinajstić information content (AvgIpc) is 2.74. The van der Waals surface area contributed by atoms with E-state index in [0.29, 0.717) is 0 Å². The van der Waals surface area contributed by atoms with Gasteiger partial charge in [0, 0.05) is 17.1 Å². The Hall–Kier alpha value is -2.49. The van der Waals surface area contributed by atoms with Gasteiger partial charge in [0.15, 0.2) is 0 Å². The fraction of sp³-hybridized carbons (Fsp3) is 0.133. The van der Waals surface area contributed by atoms with Crippen LogP contribution in [0.25, 0.3) is 10.9 Å². The molecule has 4 heteroatoms. The Morgan fingerprint density at radius 2 is 1.95 bits per heavy atom. The van der Waals surface area contributed by atoms with Gasteiger partial charge in [-0.2, -0.15) is 0 Å². The first-order chi connectivity index (χ1) is 9.13. The smallest absolute Gasteiger partial charge is 0.141 e. The highest BCUT2D eigenvalue weighted by molar-refractivity contribution is 5.81. The van der Waals surface area contributed by atoms with Gasteiger partial charge in [-0.25, -0.2) is 0 Å². The first-order valence-corrected chi connectivity index (χ1v) is 6.03. The molecule has 0 atom stereocenters. The van der Waals surface area contributed by atoms with Crippen LogP contribution in [-0.4, -0.2) is 5.16 Å². The van der Waals surface area contributed by atoms with Crippen LogP contribution in [-0.2, 0) is 0 Å². The summed E-state index contributed by atoms with van der Waals surface area (Å²) in [6.45, 7) is 3.85. The molecule has 0 saturated heterocycles. The molecule has 0 bridgehead atoms. The van der Waals surface area contributed by atoms with Gasteiger partial charge in [0.1, 0.15) is 22.8 Å². The third kappa shape index (κ3) is 2.12. The molecule has 0 unspecified atom stereocenters. The molecule has 2 N–H and O–H groups in total. The minimum absolute atomic E-state index is 0.729. The molecule has 0 aliphatic rings. The van der Waals surface area contributed by atoms with Gasteiger partial charge in [-0.3, -0.25) is 0 Å². The number of rotatable bonds is 2. The van der Waals surface area contributed by atoms with E-state index < -0.39 is 0 Å². The summed E-state index contributed by atoms with van der Waals surface area (Å²) in [4.78, 5) is 0. The van der Waals surface area contributed by atoms with E-state index in [2.05, 4.69) is 5.16 Å². The van der Waals surface area contributed by atoms with Gasteiger partial charge in [-0.15, -0.1) is 0 Å². The topological polar surface area (TPSA) is 61.3 Å². The number of nitrogens with zero attached hydrogens (tertiary/aromatic N) is 1. The minimum atomic E-state index is 0.729. The summed E-state index contributed by atoms with van der Waals surface area (Å²) >= 11 is 0. The molecule has 19 heavy (non-hydrogen) atoms. The fourth-order valence-electron chi connectivity index (χ4n) is 2.03. The van der Waals surface area contributed by atoms with Crippen molar-refractivity contribution in [3.8, 4) is 11.5 Å². The van der Waals surface area contributed by atoms with Crippen LogP contribution >= 0.6 is 0 Å². The summed E-state index contributed by atoms with van der Waals surface area (Å²) in [5, 5.41) is 4.98. The number of hydrogen-bond acceptors (Lipinski definition) is 4. The van der Waals surface area contributed by atoms with Crippen molar-refractivity contribution < 1.29 is 9.26 Å². The maximum Gasteiger partial charge on any atom is 0.141 e. The second kappa shape index (κ2) is 4.31. The van der Waals surface area contributed by atoms with Crippen molar-refractivity contribution in [3.05, 3.63) is 47.7 Å². The number of benzene rings is 2. The summed E-state index contributed by atoms with van der Waals surface area (Å²) in [5.41, 5.74) is 8.24. The molecule has 0 aliphatic carbocycles. The van der Waals surface area contributed by atoms with Crippen molar-refractivity contribution in [2.75, 3.05) is 5.73 Å². The second-order valence-corrected chi connectivity index (χ2v) is 4.54. The summed E-state index contributed by atoms with van der Waals surface area (Å²) < 4.78 is 11.0. The van der Waals surface area contributed by atoms with Gasteiger partial charge in [-0.05, 0) is 49.7 Å². The third-order valence-corrected chi connectivity index (χ3v) is 3.06. The largest absolute Gasteiger partial charge is 0.457 e. The van der Waals surface area contributed by atoms with Crippen LogP contribution in [0.1, 0.15) is 11.3 Å². The monoisotopic (exact) mass is 254 g/mol. The minimum Gasteiger partial charge on any atom is -0.457 e. The summed E-state index contributed by atoms with van der Waals surface area (Å²) in [5.74, 6) is 2.33. The molecule has 0 fully saturated rings. The van der Waals surface area contributed by atoms with Crippen LogP contribution in [0, 0.1) is 13.8 Å². The van der Waals surface area contributed by atoms with Crippen molar-refractivity contribution in [2.45, 2.75) is 13.8 Å². The Morgan fingerprint density at radius 3 is 2.74 bits per heavy atom. The summed E-state index contributed by atoms with van der Waals surface area (Å²) in [6, 6.07) is 11.3. The van der Waals surface area contributed by atoms with Crippen LogP contribution in [0.2, 0.25) is 0 Å². The van der Waals surface area contributed by atoms with E-state index in [9.17, 15) is 0 Å². The molecular weight excluding hydrogens is 240 g/mol. The van der Waals surface area contributed by atoms with E-state index in [1.54, 1.807) is 0 Å². The zero-order chi connectivity index (χ0) is 13.4. The molecule has 3 rings (SSSR count). The molecule has 0 saturated carbocycles. The molecule has 1 heterocycles. The lowest BCUT2D eigenvalue weighted by Crippen LogP contribution is -1.90. The molecule has 3 aromatic rings. The summed E-state index contributed by atoms with van der Waals surface area (Å²) in [7, 11) is 0. The molecule has 96 valence electrons. The van der Waals surface area contributed by atoms with Crippen LogP contribution in [0.15, 0.2) is 40.9 Å². The average molecular weight is 254 g/mol. The normalized spacial score (nSPS) is 10.8. The maximum absolute atomic E-state index is 5.84. The Bertz CT molecular complexity index is 747. The first-order valence-electron chi connectivity index (χ1n) is 6.03. The van der Waals surface area contributed by atoms with Gasteiger partial charge in [-0.1, -0.05) is 5.16 Å². The van der Waals surface area contributed by atoms with E-state index >= 15 is 0 Å². The van der Waals surface area contributed by atoms with Gasteiger partial charge in [0.25, 0.3) is 0 Å². The number of aryl methyl sites for hydroxylation is 2. The lowest BCUT2D eigenvalue weighted by Gasteiger charge is -2.09. The third-order valence-electron chi connectivity index (χ3n) is 3.06. The van der Waals surface area contributed by atoms with Gasteiger partial charge < -0.3 is 15.0 Å². The highest BCUT2D eigenvalue weighted by atomic mass is 16.5. The lowest BCUT2D eigenvalue weighted by atomic mass is 10.2. The molecule has 0 aliphatic heterocycles. The van der Waals surface area contributed by atoms with Crippen LogP contribution in [0.4, 0.5) is 5.69 Å². The molecular formula is C15H14N2O2. The Balaban J connectivity index is 1.96. The van der Waals surface area contributed by atoms with E-state index in [-0.39, 0.29) is 0 Å². The van der Waals surface area contributed by atoms with E-state index in [0.717, 1.165) is 39.4 Å². The Labute approximate surface area is 110 Å². The number of nitrogen functional groups attached to an aromatic ring is 1. The Morgan fingerprint density at radius 1 is 1.11 bits per heavy atom. The van der Waals surface area contributed by atoms with Crippen molar-refractivity contribution in [3.63, 3.8) is 0 Å². The molecule has 4 nitrogen and oxygen atoms in total. The molecule has 2 aromatic carbocycles. The van der Waals surface area contributed by atoms with Crippen molar-refractivity contribution in [1.29, 1.82) is 0 Å². The van der Waals surface area contributed by atoms with Gasteiger partial charge in [0.05, 0.1) is 0 Å². The molecule has 1 aromatic heterocycles. The van der Waals surface area contributed by atoms with Crippen LogP contribution in [0.3, 0.4) is 0 Å². The number of aromatic nitrogens is 1. The molecule has 0 spiro atoms. The van der Waals surface area contributed by atoms with Crippen molar-refractivity contribution in [1.82, 2.24) is 5.16 Å². The highest BCUT2D eigenvalue weighted by Crippen LogP contribution is 2.29. The van der Waals surface area contributed by atoms with Crippen molar-refractivity contribution >= 4 is 16.6 Å². The van der Waals surface area contributed by atoms with Crippen LogP contribution < -0.4 is 10.5 Å². The van der Waals surface area contributed by atoms with E-state index in [1.165, 1.54) is 0 Å². The van der Waals surface area contributed by atoms with Gasteiger partial charge in [0.2, 0.25) is 0 Å². The first kappa shape index (κ1) is 11.6. The lowest BCUT2D eigenvalue weighted by molar-refractivity contribution is 0.405. The zero-order valence-electron chi connectivity index (χ0n) is 10.8. The van der Waals surface area contributed by atoms with Crippen molar-refractivity contribution in [2.24, 2.45) is 0 Å². The number of ether oxygens (including phenoxy) is 1. The SMILES string of the molecule is Cc1cc(N)ccc1Oc1ccc2c(C)onc2c1. The standard InChI is InChI=1S/C15H14N2O2/c1-9-7-11(16)3-6-15(9)18-12-4-5-13-10(2)19-17-14(13)8-12/h3-8H,16H2,1-2H3. The maximum atomic E-state index is 5.84. The predicted octanol–water partition coefficient (Wildman–Crippen LogP) is 3.82. The zero-order valence-corrected chi connectivity index (χ0v) is 10.8. The number of nitrogens with two attached hydrogens (primary N) is 1. The second-order valence-electron chi connectivity index (χ2n) is 4.54. The van der Waals surface area contributed by atoms with Crippen LogP contribution in [0.5, 0.6) is 11.5 Å². The predicted molar refractivity (Wildman–Crippen MR) is 74.4 cm³/mol. The fourth-order valence-corrected chi connectivity index (χ4v) is 2.03. The number of fused-ring (bicyclic) bond motifs is 1.